The second kappa shape index (κ2) is 12.4. The van der Waals surface area contributed by atoms with Crippen LogP contribution in [0.4, 0.5) is 22.1 Å². The molecule has 2 aromatic heterocycles. The average molecular weight is 548 g/mol. The second-order valence-electron chi connectivity index (χ2n) is 10.2. The molecule has 2 aromatic rings. The third-order valence-corrected chi connectivity index (χ3v) is 7.64. The largest absolute Gasteiger partial charge is 0.379 e. The highest BCUT2D eigenvalue weighted by Gasteiger charge is 2.29. The molecule has 3 aliphatic rings. The molecule has 3 amide bonds. The number of fused-ring (bicyclic) bond motifs is 1. The number of nitrogens with zero attached hydrogens (tertiary/aromatic N) is 5. The van der Waals surface area contributed by atoms with Gasteiger partial charge in [-0.25, -0.2) is 14.8 Å². The molecule has 0 aromatic carbocycles. The number of methoxy groups -OCH3 is 1. The smallest absolute Gasteiger partial charge is 0.328 e. The summed E-state index contributed by atoms with van der Waals surface area (Å²) in [4.78, 5) is 49.8. The molecule has 40 heavy (non-hydrogen) atoms. The van der Waals surface area contributed by atoms with Gasteiger partial charge in [0.2, 0.25) is 5.91 Å². The molecule has 1 aliphatic carbocycles. The van der Waals surface area contributed by atoms with Gasteiger partial charge in [0.1, 0.15) is 30.0 Å². The summed E-state index contributed by atoms with van der Waals surface area (Å²) in [6, 6.07) is 5.31. The van der Waals surface area contributed by atoms with Gasteiger partial charge in [-0.3, -0.25) is 19.8 Å². The van der Waals surface area contributed by atoms with Gasteiger partial charge in [-0.15, -0.1) is 0 Å². The van der Waals surface area contributed by atoms with Crippen LogP contribution in [0.3, 0.4) is 0 Å². The minimum atomic E-state index is -0.434. The lowest BCUT2D eigenvalue weighted by molar-refractivity contribution is -0.134. The molecule has 1 saturated heterocycles. The van der Waals surface area contributed by atoms with Gasteiger partial charge in [-0.1, -0.05) is 0 Å². The van der Waals surface area contributed by atoms with Crippen LogP contribution < -0.4 is 15.5 Å². The van der Waals surface area contributed by atoms with Gasteiger partial charge in [0.15, 0.2) is 6.29 Å². The maximum atomic E-state index is 13.4. The summed E-state index contributed by atoms with van der Waals surface area (Å²) in [5, 5.41) is 15.8. The number of pyridine rings is 2. The first-order valence-electron chi connectivity index (χ1n) is 13.6. The minimum absolute atomic E-state index is 0.0248. The Kier molecular flexibility index (Phi) is 8.52. The Morgan fingerprint density at radius 2 is 2.15 bits per heavy atom. The highest BCUT2D eigenvalue weighted by Crippen LogP contribution is 2.30. The van der Waals surface area contributed by atoms with Gasteiger partial charge in [-0.2, -0.15) is 5.26 Å². The number of hydrogen-bond acceptors (Lipinski definition) is 9. The van der Waals surface area contributed by atoms with Crippen molar-refractivity contribution in [3.63, 3.8) is 0 Å². The van der Waals surface area contributed by atoms with Gasteiger partial charge in [-0.05, 0) is 50.2 Å². The highest BCUT2D eigenvalue weighted by atomic mass is 16.5. The number of carbonyl (C=O) groups excluding carboxylic acids is 3. The Bertz CT molecular complexity index is 1330. The van der Waals surface area contributed by atoms with Gasteiger partial charge in [0.25, 0.3) is 0 Å². The van der Waals surface area contributed by atoms with Crippen LogP contribution in [-0.4, -0.2) is 78.7 Å². The zero-order valence-corrected chi connectivity index (χ0v) is 22.5. The summed E-state index contributed by atoms with van der Waals surface area (Å²) in [6.45, 7) is 1.78. The maximum Gasteiger partial charge on any atom is 0.328 e. The van der Waals surface area contributed by atoms with Crippen molar-refractivity contribution in [3.8, 4) is 6.07 Å². The maximum absolute atomic E-state index is 13.4. The highest BCUT2D eigenvalue weighted by molar-refractivity contribution is 6.02. The van der Waals surface area contributed by atoms with Crippen LogP contribution >= 0.6 is 0 Å². The monoisotopic (exact) mass is 547 g/mol. The number of aldehydes is 1. The molecule has 2 atom stereocenters. The number of nitriles is 1. The van der Waals surface area contributed by atoms with Crippen LogP contribution in [0.2, 0.25) is 0 Å². The van der Waals surface area contributed by atoms with Crippen LogP contribution in [0, 0.1) is 11.3 Å². The van der Waals surface area contributed by atoms with E-state index in [1.807, 2.05) is 6.07 Å². The van der Waals surface area contributed by atoms with Gasteiger partial charge in [0, 0.05) is 51.2 Å². The molecular weight excluding hydrogens is 514 g/mol. The predicted molar refractivity (Wildman–Crippen MR) is 146 cm³/mol. The summed E-state index contributed by atoms with van der Waals surface area (Å²) in [5.41, 5.74) is 2.64. The summed E-state index contributed by atoms with van der Waals surface area (Å²) < 4.78 is 10.9. The van der Waals surface area contributed by atoms with Crippen LogP contribution in [0.15, 0.2) is 18.3 Å². The topological polar surface area (TPSA) is 150 Å². The van der Waals surface area contributed by atoms with Crippen molar-refractivity contribution >= 4 is 35.5 Å². The van der Waals surface area contributed by atoms with Crippen molar-refractivity contribution in [1.29, 1.82) is 5.26 Å². The van der Waals surface area contributed by atoms with Gasteiger partial charge >= 0.3 is 6.03 Å². The predicted octanol–water partition coefficient (Wildman–Crippen LogP) is 2.87. The Hall–Kier alpha value is -4.08. The lowest BCUT2D eigenvalue weighted by atomic mass is 10.0. The molecule has 2 fully saturated rings. The lowest BCUT2D eigenvalue weighted by Crippen LogP contribution is -2.40. The van der Waals surface area contributed by atoms with Crippen LogP contribution in [0.5, 0.6) is 0 Å². The first-order chi connectivity index (χ1) is 19.5. The lowest BCUT2D eigenvalue weighted by Gasteiger charge is -2.30. The van der Waals surface area contributed by atoms with Crippen molar-refractivity contribution in [2.45, 2.75) is 57.2 Å². The molecule has 1 saturated carbocycles. The molecule has 2 N–H and O–H groups in total. The van der Waals surface area contributed by atoms with E-state index in [9.17, 15) is 19.6 Å². The van der Waals surface area contributed by atoms with E-state index >= 15 is 0 Å². The molecule has 0 bridgehead atoms. The molecule has 2 aliphatic heterocycles. The molecule has 12 heteroatoms. The van der Waals surface area contributed by atoms with E-state index < -0.39 is 6.03 Å². The number of aromatic nitrogens is 2. The molecule has 12 nitrogen and oxygen atoms in total. The van der Waals surface area contributed by atoms with E-state index in [0.717, 1.165) is 31.2 Å². The minimum Gasteiger partial charge on any atom is -0.379 e. The zero-order chi connectivity index (χ0) is 28.1. The van der Waals surface area contributed by atoms with Crippen LogP contribution in [-0.2, 0) is 27.2 Å². The third-order valence-electron chi connectivity index (χ3n) is 7.64. The van der Waals surface area contributed by atoms with E-state index in [-0.39, 0.29) is 36.9 Å². The number of nitrogens with one attached hydrogen (secondary N) is 2. The number of urea groups is 1. The van der Waals surface area contributed by atoms with E-state index in [0.29, 0.717) is 67.3 Å². The second-order valence-corrected chi connectivity index (χ2v) is 10.2. The molecule has 5 rings (SSSR count). The van der Waals surface area contributed by atoms with Crippen molar-refractivity contribution in [2.75, 3.05) is 48.9 Å². The Morgan fingerprint density at radius 1 is 1.27 bits per heavy atom. The normalized spacial score (nSPS) is 20.9. The Labute approximate surface area is 232 Å². The average Bonchev–Trinajstić information content (AvgIpc) is 3.32. The van der Waals surface area contributed by atoms with Crippen molar-refractivity contribution in [3.05, 3.63) is 40.7 Å². The number of aryl methyl sites for hydroxylation is 1. The number of anilines is 3. The Morgan fingerprint density at radius 3 is 2.95 bits per heavy atom. The van der Waals surface area contributed by atoms with Crippen LogP contribution in [0.1, 0.15) is 59.3 Å². The van der Waals surface area contributed by atoms with E-state index in [1.54, 1.807) is 18.1 Å². The molecule has 0 spiro atoms. The molecule has 0 unspecified atom stereocenters. The van der Waals surface area contributed by atoms with Gasteiger partial charge < -0.3 is 19.7 Å². The molecular formula is C28H33N7O5. The molecule has 210 valence electrons. The van der Waals surface area contributed by atoms with Crippen molar-refractivity contribution in [2.24, 2.45) is 0 Å². The van der Waals surface area contributed by atoms with Crippen LogP contribution in [0.25, 0.3) is 0 Å². The third kappa shape index (κ3) is 5.90. The summed E-state index contributed by atoms with van der Waals surface area (Å²) >= 11 is 0. The molecule has 0 radical (unpaired) electrons. The first kappa shape index (κ1) is 27.5. The number of hydrogen-bond donors (Lipinski definition) is 2. The van der Waals surface area contributed by atoms with E-state index in [1.165, 1.54) is 11.1 Å². The number of amides is 3. The van der Waals surface area contributed by atoms with E-state index in [4.69, 9.17) is 9.47 Å². The summed E-state index contributed by atoms with van der Waals surface area (Å²) in [5.74, 6) is 0.586. The van der Waals surface area contributed by atoms with Crippen molar-refractivity contribution in [1.82, 2.24) is 14.9 Å². The molecule has 4 heterocycles. The Balaban J connectivity index is 1.35. The fourth-order valence-electron chi connectivity index (χ4n) is 5.57. The van der Waals surface area contributed by atoms with Crippen molar-refractivity contribution < 1.29 is 23.9 Å². The van der Waals surface area contributed by atoms with E-state index in [2.05, 4.69) is 26.7 Å². The summed E-state index contributed by atoms with van der Waals surface area (Å²) in [6.07, 6.45) is 7.18. The number of rotatable bonds is 7. The standard InChI is InChI=1S/C28H33N7O5/c1-39-24-7-2-6-21(24)31-22-12-25(30-14-20(22)13-29)33-28(38)35-9-3-5-18-11-19(23(16-36)32-27(18)35)15-34-8-4-10-40-17-26(34)37/h11-12,14,16,21,24H,2-10,15,17H2,1H3,(H2,30,31,33,38)/t21-,24-/m1/s1. The quantitative estimate of drug-likeness (QED) is 0.499. The first-order valence-corrected chi connectivity index (χ1v) is 13.6. The fourth-order valence-corrected chi connectivity index (χ4v) is 5.57. The SMILES string of the molecule is CO[C@@H]1CCC[C@H]1Nc1cc(NC(=O)N2CCCc3cc(CN4CCCOCC4=O)c(C=O)nc32)ncc1C#N. The summed E-state index contributed by atoms with van der Waals surface area (Å²) in [7, 11) is 1.68. The fraction of sp³-hybridized carbons (Fsp3) is 0.500. The number of carbonyl (C=O) groups is 3. The zero-order valence-electron chi connectivity index (χ0n) is 22.5. The van der Waals surface area contributed by atoms with Gasteiger partial charge in [0.05, 0.1) is 23.4 Å². The number of ether oxygens (including phenoxy) is 2.